The number of carbonyl (C=O) groups is 1. The van der Waals surface area contributed by atoms with Crippen LogP contribution < -0.4 is 10.9 Å². The Labute approximate surface area is 163 Å². The second-order valence-electron chi connectivity index (χ2n) is 6.59. The van der Waals surface area contributed by atoms with Crippen LogP contribution in [0.5, 0.6) is 0 Å². The summed E-state index contributed by atoms with van der Waals surface area (Å²) in [4.78, 5) is 20.3. The van der Waals surface area contributed by atoms with E-state index in [1.807, 2.05) is 61.5 Å². The summed E-state index contributed by atoms with van der Waals surface area (Å²) in [6.45, 7) is 5.99. The number of pyridine rings is 1. The molecule has 0 atom stereocenters. The predicted octanol–water partition coefficient (Wildman–Crippen LogP) is 4.44. The molecule has 0 aliphatic rings. The zero-order chi connectivity index (χ0) is 19.5. The van der Waals surface area contributed by atoms with Gasteiger partial charge in [0.1, 0.15) is 5.69 Å². The van der Waals surface area contributed by atoms with Crippen molar-refractivity contribution in [3.8, 4) is 11.1 Å². The van der Waals surface area contributed by atoms with Crippen molar-refractivity contribution in [2.45, 2.75) is 6.92 Å². The normalized spacial score (nSPS) is 10.6. The van der Waals surface area contributed by atoms with Crippen molar-refractivity contribution >= 4 is 22.5 Å². The molecule has 0 aliphatic carbocycles. The van der Waals surface area contributed by atoms with E-state index < -0.39 is 0 Å². The Kier molecular flexibility index (Phi) is 4.64. The van der Waals surface area contributed by atoms with E-state index in [0.717, 1.165) is 33.2 Å². The first-order valence-electron chi connectivity index (χ1n) is 8.97. The van der Waals surface area contributed by atoms with Gasteiger partial charge in [-0.3, -0.25) is 20.6 Å². The molecular formula is C23H20N4O. The summed E-state index contributed by atoms with van der Waals surface area (Å²) in [5.74, 6) is -0.266. The highest BCUT2D eigenvalue weighted by molar-refractivity contribution is 6.09. The van der Waals surface area contributed by atoms with Gasteiger partial charge in [0.2, 0.25) is 0 Å². The van der Waals surface area contributed by atoms with Gasteiger partial charge in [0, 0.05) is 34.4 Å². The van der Waals surface area contributed by atoms with Crippen LogP contribution in [0, 0.1) is 6.92 Å². The quantitative estimate of drug-likeness (QED) is 0.456. The molecule has 28 heavy (non-hydrogen) atoms. The molecule has 0 aliphatic heterocycles. The Balaban J connectivity index is 1.68. The summed E-state index contributed by atoms with van der Waals surface area (Å²) >= 11 is 0. The molecule has 0 bridgehead atoms. The fourth-order valence-electron chi connectivity index (χ4n) is 3.19. The maximum absolute atomic E-state index is 13.0. The smallest absolute Gasteiger partial charge is 0.286 e. The Bertz CT molecular complexity index is 1150. The summed E-state index contributed by atoms with van der Waals surface area (Å²) in [7, 11) is 0. The highest BCUT2D eigenvalue weighted by Crippen LogP contribution is 2.33. The van der Waals surface area contributed by atoms with Gasteiger partial charge in [-0.2, -0.15) is 0 Å². The monoisotopic (exact) mass is 368 g/mol. The lowest BCUT2D eigenvalue weighted by molar-refractivity contribution is 0.0939. The second kappa shape index (κ2) is 7.40. The molecule has 4 rings (SSSR count). The number of H-pyrrole nitrogens is 1. The molecule has 5 nitrogen and oxygen atoms in total. The molecule has 138 valence electrons. The maximum Gasteiger partial charge on any atom is 0.286 e. The highest BCUT2D eigenvalue weighted by atomic mass is 16.2. The van der Waals surface area contributed by atoms with Crippen LogP contribution in [-0.4, -0.2) is 15.9 Å². The van der Waals surface area contributed by atoms with Crippen molar-refractivity contribution in [3.05, 3.63) is 96.5 Å². The maximum atomic E-state index is 13.0. The number of hydrogen-bond donors (Lipinski definition) is 3. The van der Waals surface area contributed by atoms with E-state index >= 15 is 0 Å². The third kappa shape index (κ3) is 3.38. The van der Waals surface area contributed by atoms with Crippen LogP contribution in [0.1, 0.15) is 21.6 Å². The predicted molar refractivity (Wildman–Crippen MR) is 112 cm³/mol. The van der Waals surface area contributed by atoms with Crippen molar-refractivity contribution < 1.29 is 4.79 Å². The summed E-state index contributed by atoms with van der Waals surface area (Å²) in [5.41, 5.74) is 11.4. The van der Waals surface area contributed by atoms with Crippen LogP contribution in [0.3, 0.4) is 0 Å². The lowest BCUT2D eigenvalue weighted by Gasteiger charge is -2.11. The number of aromatic amines is 1. The molecule has 2 aromatic carbocycles. The van der Waals surface area contributed by atoms with Gasteiger partial charge in [0.05, 0.1) is 5.70 Å². The van der Waals surface area contributed by atoms with E-state index in [4.69, 9.17) is 0 Å². The number of rotatable bonds is 5. The average molecular weight is 368 g/mol. The first-order valence-corrected chi connectivity index (χ1v) is 8.97. The molecular weight excluding hydrogens is 348 g/mol. The van der Waals surface area contributed by atoms with E-state index in [2.05, 4.69) is 33.5 Å². The third-order valence-corrected chi connectivity index (χ3v) is 4.58. The zero-order valence-corrected chi connectivity index (χ0v) is 15.5. The number of amides is 1. The Morgan fingerprint density at radius 3 is 2.61 bits per heavy atom. The van der Waals surface area contributed by atoms with E-state index in [1.165, 1.54) is 0 Å². The number of benzene rings is 2. The van der Waals surface area contributed by atoms with Crippen LogP contribution in [-0.2, 0) is 0 Å². The molecule has 3 N–H and O–H groups in total. The molecule has 5 heteroatoms. The lowest BCUT2D eigenvalue weighted by atomic mass is 10.0. The minimum absolute atomic E-state index is 0.266. The van der Waals surface area contributed by atoms with Gasteiger partial charge in [-0.1, -0.05) is 48.5 Å². The topological polar surface area (TPSA) is 69.8 Å². The molecule has 0 unspecified atom stereocenters. The molecule has 0 saturated carbocycles. The molecule has 2 heterocycles. The Morgan fingerprint density at radius 1 is 1.04 bits per heavy atom. The summed E-state index contributed by atoms with van der Waals surface area (Å²) in [5, 5.41) is 1.02. The number of hydrazine groups is 1. The number of nitrogens with zero attached hydrogens (tertiary/aromatic N) is 1. The van der Waals surface area contributed by atoms with Crippen LogP contribution >= 0.6 is 0 Å². The van der Waals surface area contributed by atoms with Crippen molar-refractivity contribution in [3.63, 3.8) is 0 Å². The number of fused-ring (bicyclic) bond motifs is 1. The van der Waals surface area contributed by atoms with Gasteiger partial charge in [0.25, 0.3) is 5.91 Å². The SMILES string of the molecule is C=C(NNC(=O)c1[nH]c2ccc(C)cc2c1-c1ccccc1)c1cccnc1. The van der Waals surface area contributed by atoms with Crippen LogP contribution in [0.2, 0.25) is 0 Å². The molecule has 0 saturated heterocycles. The lowest BCUT2D eigenvalue weighted by Crippen LogP contribution is -2.36. The molecule has 0 radical (unpaired) electrons. The molecule has 2 aromatic heterocycles. The summed E-state index contributed by atoms with van der Waals surface area (Å²) in [6, 6.07) is 19.7. The van der Waals surface area contributed by atoms with Gasteiger partial charge in [-0.25, -0.2) is 0 Å². The molecule has 0 spiro atoms. The van der Waals surface area contributed by atoms with Crippen LogP contribution in [0.25, 0.3) is 27.7 Å². The minimum Gasteiger partial charge on any atom is -0.350 e. The van der Waals surface area contributed by atoms with Gasteiger partial charge in [-0.15, -0.1) is 0 Å². The van der Waals surface area contributed by atoms with Gasteiger partial charge < -0.3 is 4.98 Å². The van der Waals surface area contributed by atoms with E-state index in [-0.39, 0.29) is 5.91 Å². The first-order chi connectivity index (χ1) is 13.6. The molecule has 1 amide bonds. The van der Waals surface area contributed by atoms with Gasteiger partial charge in [-0.05, 0) is 36.8 Å². The van der Waals surface area contributed by atoms with Crippen LogP contribution in [0.4, 0.5) is 0 Å². The number of aromatic nitrogens is 2. The average Bonchev–Trinajstić information content (AvgIpc) is 3.11. The zero-order valence-electron chi connectivity index (χ0n) is 15.5. The number of hydrogen-bond acceptors (Lipinski definition) is 3. The standard InChI is InChI=1S/C23H20N4O/c1-15-10-11-20-19(13-15)21(17-7-4-3-5-8-17)22(25-20)23(28)27-26-16(2)18-9-6-12-24-14-18/h3-14,25-26H,2H2,1H3,(H,27,28). The number of carbonyl (C=O) groups excluding carboxylic acids is 1. The number of nitrogens with one attached hydrogen (secondary N) is 3. The number of aryl methyl sites for hydroxylation is 1. The first kappa shape index (κ1) is 17.5. The third-order valence-electron chi connectivity index (χ3n) is 4.58. The summed E-state index contributed by atoms with van der Waals surface area (Å²) in [6.07, 6.45) is 3.37. The fourth-order valence-corrected chi connectivity index (χ4v) is 3.19. The molecule has 4 aromatic rings. The van der Waals surface area contributed by atoms with E-state index in [0.29, 0.717) is 11.4 Å². The second-order valence-corrected chi connectivity index (χ2v) is 6.59. The van der Waals surface area contributed by atoms with Gasteiger partial charge >= 0.3 is 0 Å². The van der Waals surface area contributed by atoms with Gasteiger partial charge in [0.15, 0.2) is 0 Å². The van der Waals surface area contributed by atoms with E-state index in [1.54, 1.807) is 12.4 Å². The Morgan fingerprint density at radius 2 is 1.86 bits per heavy atom. The fraction of sp³-hybridized carbons (Fsp3) is 0.0435. The Hall–Kier alpha value is -3.86. The largest absolute Gasteiger partial charge is 0.350 e. The van der Waals surface area contributed by atoms with Crippen molar-refractivity contribution in [2.75, 3.05) is 0 Å². The summed E-state index contributed by atoms with van der Waals surface area (Å²) < 4.78 is 0. The molecule has 0 fully saturated rings. The van der Waals surface area contributed by atoms with Crippen LogP contribution in [0.15, 0.2) is 79.6 Å². The minimum atomic E-state index is -0.266. The van der Waals surface area contributed by atoms with E-state index in [9.17, 15) is 4.79 Å². The van der Waals surface area contributed by atoms with Crippen molar-refractivity contribution in [1.29, 1.82) is 0 Å². The van der Waals surface area contributed by atoms with Crippen molar-refractivity contribution in [2.24, 2.45) is 0 Å². The highest BCUT2D eigenvalue weighted by Gasteiger charge is 2.19. The van der Waals surface area contributed by atoms with Crippen molar-refractivity contribution in [1.82, 2.24) is 20.8 Å².